The Labute approximate surface area is 181 Å². The molecule has 3 rings (SSSR count). The third kappa shape index (κ3) is 6.27. The molecule has 2 aromatic carbocycles. The molecule has 0 spiro atoms. The Kier molecular flexibility index (Phi) is 7.26. The zero-order valence-corrected chi connectivity index (χ0v) is 18.2. The van der Waals surface area contributed by atoms with E-state index in [2.05, 4.69) is 10.0 Å². The molecule has 0 atom stereocenters. The van der Waals surface area contributed by atoms with E-state index in [1.165, 1.54) is 42.7 Å². The fourth-order valence-corrected chi connectivity index (χ4v) is 5.09. The molecule has 10 heteroatoms. The van der Waals surface area contributed by atoms with Crippen LogP contribution < -0.4 is 10.0 Å². The summed E-state index contributed by atoms with van der Waals surface area (Å²) in [6, 6.07) is 16.9. The number of nitrogens with one attached hydrogen (secondary N) is 2. The molecule has 0 aliphatic carbocycles. The number of rotatable bonds is 10. The molecule has 164 valence electrons. The first-order valence-corrected chi connectivity index (χ1v) is 12.6. The fraction of sp³-hybridized carbons (Fsp3) is 0.190. The number of furan rings is 1. The first-order valence-electron chi connectivity index (χ1n) is 9.46. The Hall–Kier alpha value is -2.95. The number of sulfone groups is 1. The Bertz CT molecular complexity index is 1200. The first kappa shape index (κ1) is 22.7. The average molecular weight is 463 g/mol. The van der Waals surface area contributed by atoms with Gasteiger partial charge in [-0.2, -0.15) is 0 Å². The molecule has 2 N–H and O–H groups in total. The molecule has 3 aromatic rings. The molecule has 8 nitrogen and oxygen atoms in total. The fourth-order valence-electron chi connectivity index (χ4n) is 2.76. The normalized spacial score (nSPS) is 11.9. The second kappa shape index (κ2) is 9.90. The molecular weight excluding hydrogens is 440 g/mol. The average Bonchev–Trinajstić information content (AvgIpc) is 3.30. The van der Waals surface area contributed by atoms with E-state index >= 15 is 0 Å². The summed E-state index contributed by atoms with van der Waals surface area (Å²) in [6.07, 6.45) is 1.71. The lowest BCUT2D eigenvalue weighted by molar-refractivity contribution is 0.0953. The van der Waals surface area contributed by atoms with Gasteiger partial charge < -0.3 is 9.73 Å². The molecule has 0 aliphatic rings. The largest absolute Gasteiger partial charge is 0.468 e. The predicted octanol–water partition coefficient (Wildman–Crippen LogP) is 2.35. The summed E-state index contributed by atoms with van der Waals surface area (Å²) in [5.41, 5.74) is 0.274. The summed E-state index contributed by atoms with van der Waals surface area (Å²) in [6.45, 7) is 0.194. The summed E-state index contributed by atoms with van der Waals surface area (Å²) in [7, 11) is -7.15. The standard InChI is InChI=1S/C21H22N2O6S2/c24-21(22-13-5-15-30(25,26)19-7-2-1-3-8-19)17-9-11-20(12-10-17)31(27,28)23-16-18-6-4-14-29-18/h1-4,6-12,14,23H,5,13,15-16H2,(H,22,24). The zero-order valence-electron chi connectivity index (χ0n) is 16.5. The van der Waals surface area contributed by atoms with Crippen LogP contribution in [0.2, 0.25) is 0 Å². The van der Waals surface area contributed by atoms with Gasteiger partial charge in [-0.3, -0.25) is 4.79 Å². The zero-order chi connectivity index (χ0) is 22.3. The molecule has 1 heterocycles. The summed E-state index contributed by atoms with van der Waals surface area (Å²) in [5, 5.41) is 2.64. The topological polar surface area (TPSA) is 123 Å². The molecule has 1 aromatic heterocycles. The van der Waals surface area contributed by atoms with Crippen LogP contribution in [0.5, 0.6) is 0 Å². The Morgan fingerprint density at radius 1 is 0.839 bits per heavy atom. The van der Waals surface area contributed by atoms with Crippen LogP contribution >= 0.6 is 0 Å². The minimum absolute atomic E-state index is 0.0173. The van der Waals surface area contributed by atoms with Crippen LogP contribution in [0, 0.1) is 0 Å². The maximum absolute atomic E-state index is 12.3. The van der Waals surface area contributed by atoms with E-state index in [9.17, 15) is 21.6 Å². The van der Waals surface area contributed by atoms with Gasteiger partial charge in [0.2, 0.25) is 10.0 Å². The van der Waals surface area contributed by atoms with Crippen molar-refractivity contribution in [3.05, 3.63) is 84.3 Å². The lowest BCUT2D eigenvalue weighted by Gasteiger charge is -2.08. The van der Waals surface area contributed by atoms with E-state index in [4.69, 9.17) is 4.42 Å². The quantitative estimate of drug-likeness (QED) is 0.446. The van der Waals surface area contributed by atoms with Gasteiger partial charge in [-0.05, 0) is 55.0 Å². The van der Waals surface area contributed by atoms with Gasteiger partial charge in [-0.1, -0.05) is 18.2 Å². The molecule has 0 saturated carbocycles. The SMILES string of the molecule is O=C(NCCCS(=O)(=O)c1ccccc1)c1ccc(S(=O)(=O)NCc2ccco2)cc1. The molecule has 1 amide bonds. The van der Waals surface area contributed by atoms with Crippen LogP contribution in [0.1, 0.15) is 22.5 Å². The van der Waals surface area contributed by atoms with Crippen molar-refractivity contribution >= 4 is 25.8 Å². The highest BCUT2D eigenvalue weighted by Gasteiger charge is 2.16. The highest BCUT2D eigenvalue weighted by atomic mass is 32.2. The number of sulfonamides is 1. The van der Waals surface area contributed by atoms with Crippen LogP contribution in [0.3, 0.4) is 0 Å². The van der Waals surface area contributed by atoms with Crippen molar-refractivity contribution in [1.29, 1.82) is 0 Å². The van der Waals surface area contributed by atoms with Crippen molar-refractivity contribution in [1.82, 2.24) is 10.0 Å². The Morgan fingerprint density at radius 2 is 1.55 bits per heavy atom. The van der Waals surface area contributed by atoms with Gasteiger partial charge in [-0.25, -0.2) is 21.6 Å². The van der Waals surface area contributed by atoms with E-state index in [0.717, 1.165) is 0 Å². The predicted molar refractivity (Wildman–Crippen MR) is 115 cm³/mol. The molecule has 0 bridgehead atoms. The highest BCUT2D eigenvalue weighted by molar-refractivity contribution is 7.91. The number of hydrogen-bond acceptors (Lipinski definition) is 6. The minimum Gasteiger partial charge on any atom is -0.468 e. The smallest absolute Gasteiger partial charge is 0.251 e. The summed E-state index contributed by atoms with van der Waals surface area (Å²) >= 11 is 0. The van der Waals surface area contributed by atoms with Gasteiger partial charge in [0.1, 0.15) is 5.76 Å². The van der Waals surface area contributed by atoms with Crippen LogP contribution in [0.15, 0.2) is 87.2 Å². The molecule has 0 aliphatic heterocycles. The number of benzene rings is 2. The van der Waals surface area contributed by atoms with Gasteiger partial charge >= 0.3 is 0 Å². The molecule has 0 saturated heterocycles. The van der Waals surface area contributed by atoms with E-state index in [-0.39, 0.29) is 40.6 Å². The molecule has 0 unspecified atom stereocenters. The van der Waals surface area contributed by atoms with Crippen molar-refractivity contribution in [2.24, 2.45) is 0 Å². The third-order valence-corrected chi connectivity index (χ3v) is 7.65. The van der Waals surface area contributed by atoms with E-state index in [1.807, 2.05) is 0 Å². The van der Waals surface area contributed by atoms with Gasteiger partial charge in [-0.15, -0.1) is 0 Å². The lowest BCUT2D eigenvalue weighted by Crippen LogP contribution is -2.26. The number of hydrogen-bond donors (Lipinski definition) is 2. The highest BCUT2D eigenvalue weighted by Crippen LogP contribution is 2.13. The van der Waals surface area contributed by atoms with Crippen LogP contribution in [0.4, 0.5) is 0 Å². The van der Waals surface area contributed by atoms with Crippen molar-refractivity contribution in [3.8, 4) is 0 Å². The van der Waals surface area contributed by atoms with Crippen LogP contribution in [-0.2, 0) is 26.4 Å². The number of carbonyl (C=O) groups excluding carboxylic acids is 1. The molecule has 0 fully saturated rings. The maximum Gasteiger partial charge on any atom is 0.251 e. The lowest BCUT2D eigenvalue weighted by atomic mass is 10.2. The Balaban J connectivity index is 1.50. The van der Waals surface area contributed by atoms with Crippen molar-refractivity contribution in [2.45, 2.75) is 22.8 Å². The van der Waals surface area contributed by atoms with Gasteiger partial charge in [0.05, 0.1) is 28.4 Å². The Morgan fingerprint density at radius 3 is 2.19 bits per heavy atom. The van der Waals surface area contributed by atoms with Crippen LogP contribution in [-0.4, -0.2) is 35.0 Å². The molecule has 0 radical (unpaired) electrons. The number of amides is 1. The molecular formula is C21H22N2O6S2. The maximum atomic E-state index is 12.3. The van der Waals surface area contributed by atoms with Gasteiger partial charge in [0, 0.05) is 12.1 Å². The summed E-state index contributed by atoms with van der Waals surface area (Å²) in [5.74, 6) is -0.0195. The van der Waals surface area contributed by atoms with Gasteiger partial charge in [0.15, 0.2) is 9.84 Å². The van der Waals surface area contributed by atoms with Crippen LogP contribution in [0.25, 0.3) is 0 Å². The van der Waals surface area contributed by atoms with Crippen molar-refractivity contribution in [3.63, 3.8) is 0 Å². The second-order valence-corrected chi connectivity index (χ2v) is 10.5. The first-order chi connectivity index (χ1) is 14.8. The second-order valence-electron chi connectivity index (χ2n) is 6.67. The van der Waals surface area contributed by atoms with E-state index < -0.39 is 25.8 Å². The van der Waals surface area contributed by atoms with E-state index in [1.54, 1.807) is 30.3 Å². The third-order valence-electron chi connectivity index (χ3n) is 4.42. The van der Waals surface area contributed by atoms with Crippen molar-refractivity contribution in [2.75, 3.05) is 12.3 Å². The minimum atomic E-state index is -3.75. The van der Waals surface area contributed by atoms with E-state index in [0.29, 0.717) is 5.76 Å². The summed E-state index contributed by atoms with van der Waals surface area (Å²) < 4.78 is 56.6. The number of carbonyl (C=O) groups is 1. The monoisotopic (exact) mass is 462 g/mol. The van der Waals surface area contributed by atoms with Gasteiger partial charge in [0.25, 0.3) is 5.91 Å². The molecule has 31 heavy (non-hydrogen) atoms. The van der Waals surface area contributed by atoms with Crippen molar-refractivity contribution < 1.29 is 26.0 Å². The summed E-state index contributed by atoms with van der Waals surface area (Å²) in [4.78, 5) is 12.5.